The molecule has 74 valence electrons. The summed E-state index contributed by atoms with van der Waals surface area (Å²) in [6, 6.07) is 5.51. The van der Waals surface area contributed by atoms with E-state index in [-0.39, 0.29) is 6.61 Å². The molecule has 0 spiro atoms. The van der Waals surface area contributed by atoms with Gasteiger partial charge >= 0.3 is 0 Å². The van der Waals surface area contributed by atoms with E-state index in [4.69, 9.17) is 9.84 Å². The van der Waals surface area contributed by atoms with Crippen molar-refractivity contribution in [2.45, 2.75) is 6.42 Å². The van der Waals surface area contributed by atoms with Gasteiger partial charge in [0.25, 0.3) is 0 Å². The molecule has 2 rings (SSSR count). The van der Waals surface area contributed by atoms with Gasteiger partial charge in [-0.2, -0.15) is 4.52 Å². The predicted molar refractivity (Wildman–Crippen MR) is 50.3 cm³/mol. The van der Waals surface area contributed by atoms with Crippen LogP contribution < -0.4 is 4.74 Å². The molecule has 0 aliphatic carbocycles. The average molecular weight is 193 g/mol. The van der Waals surface area contributed by atoms with E-state index in [9.17, 15) is 0 Å². The Morgan fingerprint density at radius 2 is 2.36 bits per heavy atom. The Hall–Kier alpha value is -1.62. The highest BCUT2D eigenvalue weighted by Crippen LogP contribution is 2.12. The number of nitrogens with zero attached hydrogens (tertiary/aromatic N) is 3. The second-order valence-corrected chi connectivity index (χ2v) is 2.84. The van der Waals surface area contributed by atoms with Crippen molar-refractivity contribution in [2.24, 2.45) is 0 Å². The van der Waals surface area contributed by atoms with Crippen LogP contribution in [0.1, 0.15) is 5.82 Å². The maximum atomic E-state index is 8.75. The van der Waals surface area contributed by atoms with Crippen LogP contribution in [0.5, 0.6) is 5.88 Å². The molecule has 5 nitrogen and oxygen atoms in total. The Kier molecular flexibility index (Phi) is 2.32. The average Bonchev–Trinajstić information content (AvgIpc) is 2.60. The fraction of sp³-hybridized carbons (Fsp3) is 0.333. The van der Waals surface area contributed by atoms with Gasteiger partial charge < -0.3 is 9.84 Å². The van der Waals surface area contributed by atoms with Gasteiger partial charge in [0, 0.05) is 12.5 Å². The molecule has 0 saturated heterocycles. The molecule has 0 radical (unpaired) electrons. The highest BCUT2D eigenvalue weighted by Gasteiger charge is 2.05. The summed E-state index contributed by atoms with van der Waals surface area (Å²) in [6.07, 6.45) is 0.463. The van der Waals surface area contributed by atoms with Crippen LogP contribution in [-0.2, 0) is 6.42 Å². The van der Waals surface area contributed by atoms with Crippen molar-refractivity contribution in [2.75, 3.05) is 13.7 Å². The van der Waals surface area contributed by atoms with Crippen LogP contribution in [0.2, 0.25) is 0 Å². The summed E-state index contributed by atoms with van der Waals surface area (Å²) in [7, 11) is 1.59. The van der Waals surface area contributed by atoms with E-state index < -0.39 is 0 Å². The van der Waals surface area contributed by atoms with E-state index in [1.165, 1.54) is 0 Å². The molecule has 0 unspecified atom stereocenters. The second-order valence-electron chi connectivity index (χ2n) is 2.84. The minimum atomic E-state index is 0.0548. The molecule has 0 saturated carbocycles. The van der Waals surface area contributed by atoms with Crippen molar-refractivity contribution in [1.82, 2.24) is 14.6 Å². The van der Waals surface area contributed by atoms with E-state index in [0.717, 1.165) is 5.65 Å². The number of hydrogen-bond acceptors (Lipinski definition) is 4. The van der Waals surface area contributed by atoms with Crippen LogP contribution in [0.25, 0.3) is 5.65 Å². The normalized spacial score (nSPS) is 10.7. The Labute approximate surface area is 81.0 Å². The molecule has 2 aromatic rings. The van der Waals surface area contributed by atoms with Gasteiger partial charge in [0.05, 0.1) is 13.7 Å². The monoisotopic (exact) mass is 193 g/mol. The number of hydrogen-bond donors (Lipinski definition) is 1. The van der Waals surface area contributed by atoms with Crippen LogP contribution in [0.4, 0.5) is 0 Å². The zero-order valence-corrected chi connectivity index (χ0v) is 7.84. The van der Waals surface area contributed by atoms with Crippen molar-refractivity contribution < 1.29 is 9.84 Å². The lowest BCUT2D eigenvalue weighted by Gasteiger charge is -1.99. The van der Waals surface area contributed by atoms with E-state index in [0.29, 0.717) is 18.1 Å². The van der Waals surface area contributed by atoms with Crippen molar-refractivity contribution in [3.63, 3.8) is 0 Å². The first kappa shape index (κ1) is 8.96. The van der Waals surface area contributed by atoms with Crippen LogP contribution in [-0.4, -0.2) is 33.4 Å². The summed E-state index contributed by atoms with van der Waals surface area (Å²) < 4.78 is 6.73. The van der Waals surface area contributed by atoms with Gasteiger partial charge in [0.1, 0.15) is 0 Å². The number of rotatable bonds is 3. The molecule has 0 aromatic carbocycles. The molecular formula is C9H11N3O2. The second kappa shape index (κ2) is 3.63. The molecule has 1 N–H and O–H groups in total. The highest BCUT2D eigenvalue weighted by molar-refractivity contribution is 5.40. The summed E-state index contributed by atoms with van der Waals surface area (Å²) in [5, 5.41) is 12.9. The number of methoxy groups -OCH3 is 1. The molecule has 14 heavy (non-hydrogen) atoms. The molecule has 0 aliphatic rings. The van der Waals surface area contributed by atoms with Gasteiger partial charge in [0.2, 0.25) is 5.88 Å². The van der Waals surface area contributed by atoms with E-state index >= 15 is 0 Å². The molecular weight excluding hydrogens is 182 g/mol. The molecule has 0 fully saturated rings. The van der Waals surface area contributed by atoms with Crippen molar-refractivity contribution in [1.29, 1.82) is 0 Å². The topological polar surface area (TPSA) is 59.7 Å². The maximum absolute atomic E-state index is 8.75. The van der Waals surface area contributed by atoms with Crippen LogP contribution in [0.3, 0.4) is 0 Å². The Bertz CT molecular complexity index is 439. The number of aromatic nitrogens is 3. The summed E-state index contributed by atoms with van der Waals surface area (Å²) in [5.41, 5.74) is 0.729. The Morgan fingerprint density at radius 3 is 3.07 bits per heavy atom. The lowest BCUT2D eigenvalue weighted by Crippen LogP contribution is -1.96. The largest absolute Gasteiger partial charge is 0.481 e. The highest BCUT2D eigenvalue weighted by atomic mass is 16.5. The number of aliphatic hydroxyl groups excluding tert-OH is 1. The van der Waals surface area contributed by atoms with Crippen molar-refractivity contribution in [3.8, 4) is 5.88 Å². The molecule has 0 atom stereocenters. The minimum Gasteiger partial charge on any atom is -0.481 e. The summed E-state index contributed by atoms with van der Waals surface area (Å²) in [5.74, 6) is 1.26. The van der Waals surface area contributed by atoms with E-state index in [1.807, 2.05) is 18.2 Å². The summed E-state index contributed by atoms with van der Waals surface area (Å²) in [6.45, 7) is 0.0548. The van der Waals surface area contributed by atoms with Crippen LogP contribution in [0.15, 0.2) is 18.2 Å². The third-order valence-corrected chi connectivity index (χ3v) is 1.91. The Morgan fingerprint density at radius 1 is 1.50 bits per heavy atom. The molecule has 0 amide bonds. The van der Waals surface area contributed by atoms with Crippen LogP contribution in [0, 0.1) is 0 Å². The number of pyridine rings is 1. The Balaban J connectivity index is 2.52. The summed E-state index contributed by atoms with van der Waals surface area (Å²) >= 11 is 0. The van der Waals surface area contributed by atoms with E-state index in [2.05, 4.69) is 10.1 Å². The third-order valence-electron chi connectivity index (χ3n) is 1.91. The van der Waals surface area contributed by atoms with Gasteiger partial charge in [-0.1, -0.05) is 6.07 Å². The third kappa shape index (κ3) is 1.42. The number of ether oxygens (including phenoxy) is 1. The van der Waals surface area contributed by atoms with Gasteiger partial charge in [-0.3, -0.25) is 0 Å². The van der Waals surface area contributed by atoms with Crippen molar-refractivity contribution in [3.05, 3.63) is 24.0 Å². The number of fused-ring (bicyclic) bond motifs is 1. The molecule has 2 heterocycles. The van der Waals surface area contributed by atoms with Gasteiger partial charge in [0.15, 0.2) is 11.5 Å². The standard InChI is InChI=1S/C9H11N3O2/c1-14-9-4-2-3-8-10-7(5-6-13)11-12(8)9/h2-4,13H,5-6H2,1H3. The fourth-order valence-corrected chi connectivity index (χ4v) is 1.29. The first-order valence-electron chi connectivity index (χ1n) is 4.34. The SMILES string of the molecule is COc1cccc2nc(CCO)nn12. The fourth-order valence-electron chi connectivity index (χ4n) is 1.29. The lowest BCUT2D eigenvalue weighted by atomic mass is 10.4. The number of aliphatic hydroxyl groups is 1. The molecule has 0 bridgehead atoms. The first-order valence-corrected chi connectivity index (χ1v) is 4.34. The zero-order chi connectivity index (χ0) is 9.97. The van der Waals surface area contributed by atoms with Crippen molar-refractivity contribution >= 4 is 5.65 Å². The first-order chi connectivity index (χ1) is 6.85. The van der Waals surface area contributed by atoms with Gasteiger partial charge in [-0.25, -0.2) is 4.98 Å². The van der Waals surface area contributed by atoms with Gasteiger partial charge in [-0.15, -0.1) is 5.10 Å². The molecule has 5 heteroatoms. The zero-order valence-electron chi connectivity index (χ0n) is 7.84. The minimum absolute atomic E-state index is 0.0548. The maximum Gasteiger partial charge on any atom is 0.216 e. The molecule has 0 aliphatic heterocycles. The van der Waals surface area contributed by atoms with E-state index in [1.54, 1.807) is 11.6 Å². The molecule has 2 aromatic heterocycles. The lowest BCUT2D eigenvalue weighted by molar-refractivity contribution is 0.296. The van der Waals surface area contributed by atoms with Crippen LogP contribution >= 0.6 is 0 Å². The summed E-state index contributed by atoms with van der Waals surface area (Å²) in [4.78, 5) is 4.22. The predicted octanol–water partition coefficient (Wildman–Crippen LogP) is 0.273. The van der Waals surface area contributed by atoms with Gasteiger partial charge in [-0.05, 0) is 6.07 Å². The quantitative estimate of drug-likeness (QED) is 0.760. The smallest absolute Gasteiger partial charge is 0.216 e.